The van der Waals surface area contributed by atoms with Crippen molar-refractivity contribution in [2.24, 2.45) is 0 Å². The van der Waals surface area contributed by atoms with Gasteiger partial charge >= 0.3 is 0 Å². The average molecular weight is 413 g/mol. The molecule has 2 heterocycles. The van der Waals surface area contributed by atoms with Gasteiger partial charge < -0.3 is 9.67 Å². The Morgan fingerprint density at radius 3 is 2.54 bits per heavy atom. The summed E-state index contributed by atoms with van der Waals surface area (Å²) >= 11 is 12.5. The van der Waals surface area contributed by atoms with Crippen LogP contribution in [0.1, 0.15) is 17.4 Å². The molecular weight excluding hydrogens is 398 g/mol. The number of pyridine rings is 1. The van der Waals surface area contributed by atoms with E-state index in [2.05, 4.69) is 4.98 Å². The summed E-state index contributed by atoms with van der Waals surface area (Å²) < 4.78 is 15.4. The van der Waals surface area contributed by atoms with E-state index in [1.54, 1.807) is 42.7 Å². The van der Waals surface area contributed by atoms with Crippen LogP contribution in [0.25, 0.3) is 16.8 Å². The highest BCUT2D eigenvalue weighted by molar-refractivity contribution is 6.33. The molecule has 6 heteroatoms. The third-order valence-corrected chi connectivity index (χ3v) is 5.04. The predicted molar refractivity (Wildman–Crippen MR) is 109 cm³/mol. The molecule has 0 fully saturated rings. The Morgan fingerprint density at radius 2 is 1.82 bits per heavy atom. The minimum absolute atomic E-state index is 0.267. The van der Waals surface area contributed by atoms with E-state index in [4.69, 9.17) is 23.2 Å². The summed E-state index contributed by atoms with van der Waals surface area (Å²) in [6.45, 7) is 0. The third-order valence-electron chi connectivity index (χ3n) is 4.49. The maximum atomic E-state index is 13.5. The fourth-order valence-corrected chi connectivity index (χ4v) is 3.66. The monoisotopic (exact) mass is 412 g/mol. The molecule has 140 valence electrons. The molecule has 0 saturated heterocycles. The van der Waals surface area contributed by atoms with Gasteiger partial charge in [0.2, 0.25) is 0 Å². The number of nitrogens with zero attached hydrogens (tertiary/aromatic N) is 2. The molecule has 1 N–H and O–H groups in total. The summed E-state index contributed by atoms with van der Waals surface area (Å²) in [7, 11) is 0. The number of aliphatic hydroxyl groups is 1. The van der Waals surface area contributed by atoms with Gasteiger partial charge in [-0.15, -0.1) is 0 Å². The van der Waals surface area contributed by atoms with Crippen molar-refractivity contribution in [3.8, 4) is 16.8 Å². The van der Waals surface area contributed by atoms with Gasteiger partial charge in [-0.1, -0.05) is 35.3 Å². The van der Waals surface area contributed by atoms with Gasteiger partial charge in [0.05, 0.1) is 10.7 Å². The van der Waals surface area contributed by atoms with Crippen LogP contribution in [0.15, 0.2) is 79.3 Å². The van der Waals surface area contributed by atoms with Crippen molar-refractivity contribution in [1.82, 2.24) is 9.55 Å². The first-order valence-electron chi connectivity index (χ1n) is 8.55. The second-order valence-electron chi connectivity index (χ2n) is 6.28. The fourth-order valence-electron chi connectivity index (χ4n) is 3.21. The smallest absolute Gasteiger partial charge is 0.124 e. The van der Waals surface area contributed by atoms with Crippen LogP contribution in [0.2, 0.25) is 10.0 Å². The molecule has 4 rings (SSSR count). The largest absolute Gasteiger partial charge is 0.382 e. The highest BCUT2D eigenvalue weighted by Crippen LogP contribution is 2.38. The highest BCUT2D eigenvalue weighted by Gasteiger charge is 2.23. The van der Waals surface area contributed by atoms with Crippen LogP contribution < -0.4 is 0 Å². The highest BCUT2D eigenvalue weighted by atomic mass is 35.5. The number of aliphatic hydroxyl groups excluding tert-OH is 1. The molecule has 3 nitrogen and oxygen atoms in total. The molecule has 2 aromatic carbocycles. The normalized spacial score (nSPS) is 12.1. The predicted octanol–water partition coefficient (Wildman–Crippen LogP) is 6.07. The second-order valence-corrected chi connectivity index (χ2v) is 7.12. The Labute approximate surface area is 171 Å². The third kappa shape index (κ3) is 3.54. The first-order chi connectivity index (χ1) is 13.5. The van der Waals surface area contributed by atoms with Gasteiger partial charge in [0.1, 0.15) is 11.9 Å². The van der Waals surface area contributed by atoms with Crippen molar-refractivity contribution < 1.29 is 9.50 Å². The van der Waals surface area contributed by atoms with E-state index in [1.807, 2.05) is 29.0 Å². The SMILES string of the molecule is OC(c1cccnc1)c1c(-c2ccc(F)cc2Cl)ccn1-c1cccc(Cl)c1. The average Bonchev–Trinajstić information content (AvgIpc) is 3.13. The number of halogens is 3. The number of hydrogen-bond acceptors (Lipinski definition) is 2. The minimum Gasteiger partial charge on any atom is -0.382 e. The minimum atomic E-state index is -0.973. The Balaban J connectivity index is 1.94. The topological polar surface area (TPSA) is 38.1 Å². The standard InChI is InChI=1S/C22H15Cl2FN2O/c23-15-4-1-5-17(11-15)27-10-8-19(18-7-6-16(25)12-20(18)24)21(27)22(28)14-3-2-9-26-13-14/h1-13,22,28H. The summed E-state index contributed by atoms with van der Waals surface area (Å²) in [5.74, 6) is -0.419. The van der Waals surface area contributed by atoms with E-state index in [9.17, 15) is 9.50 Å². The quantitative estimate of drug-likeness (QED) is 0.441. The molecule has 4 aromatic rings. The van der Waals surface area contributed by atoms with Gasteiger partial charge in [0.25, 0.3) is 0 Å². The molecule has 0 radical (unpaired) electrons. The van der Waals surface area contributed by atoms with Crippen LogP contribution in [-0.2, 0) is 0 Å². The molecule has 0 spiro atoms. The lowest BCUT2D eigenvalue weighted by Crippen LogP contribution is -2.08. The van der Waals surface area contributed by atoms with Crippen LogP contribution in [0.4, 0.5) is 4.39 Å². The summed E-state index contributed by atoms with van der Waals surface area (Å²) in [4.78, 5) is 4.10. The zero-order valence-corrected chi connectivity index (χ0v) is 16.1. The maximum absolute atomic E-state index is 13.5. The van der Waals surface area contributed by atoms with Crippen molar-refractivity contribution in [2.45, 2.75) is 6.10 Å². The van der Waals surface area contributed by atoms with Crippen LogP contribution in [0, 0.1) is 5.82 Å². The van der Waals surface area contributed by atoms with Gasteiger partial charge in [-0.05, 0) is 48.5 Å². The van der Waals surface area contributed by atoms with Crippen molar-refractivity contribution >= 4 is 23.2 Å². The van der Waals surface area contributed by atoms with Crippen molar-refractivity contribution in [1.29, 1.82) is 0 Å². The summed E-state index contributed by atoms with van der Waals surface area (Å²) in [5, 5.41) is 12.0. The number of aromatic nitrogens is 2. The molecular formula is C22H15Cl2FN2O. The summed E-state index contributed by atoms with van der Waals surface area (Å²) in [6.07, 6.45) is 4.11. The molecule has 0 aliphatic rings. The Hall–Kier alpha value is -2.66. The Bertz CT molecular complexity index is 1130. The van der Waals surface area contributed by atoms with Gasteiger partial charge in [0.15, 0.2) is 0 Å². The molecule has 1 unspecified atom stereocenters. The lowest BCUT2D eigenvalue weighted by molar-refractivity contribution is 0.213. The van der Waals surface area contributed by atoms with Gasteiger partial charge in [-0.3, -0.25) is 4.98 Å². The van der Waals surface area contributed by atoms with Crippen LogP contribution >= 0.6 is 23.2 Å². The van der Waals surface area contributed by atoms with E-state index in [1.165, 1.54) is 12.1 Å². The molecule has 0 aliphatic heterocycles. The lowest BCUT2D eigenvalue weighted by Gasteiger charge is -2.18. The van der Waals surface area contributed by atoms with E-state index >= 15 is 0 Å². The van der Waals surface area contributed by atoms with Gasteiger partial charge in [0, 0.05) is 46.0 Å². The Morgan fingerprint density at radius 1 is 0.964 bits per heavy atom. The van der Waals surface area contributed by atoms with Crippen molar-refractivity contribution in [2.75, 3.05) is 0 Å². The van der Waals surface area contributed by atoms with Crippen LogP contribution in [0.5, 0.6) is 0 Å². The van der Waals surface area contributed by atoms with Crippen molar-refractivity contribution in [3.05, 3.63) is 106 Å². The van der Waals surface area contributed by atoms with E-state index < -0.39 is 11.9 Å². The van der Waals surface area contributed by atoms with E-state index in [0.29, 0.717) is 27.4 Å². The number of rotatable bonds is 4. The van der Waals surface area contributed by atoms with E-state index in [0.717, 1.165) is 5.69 Å². The molecule has 2 aromatic heterocycles. The zero-order chi connectivity index (χ0) is 19.7. The van der Waals surface area contributed by atoms with Gasteiger partial charge in [-0.2, -0.15) is 0 Å². The summed E-state index contributed by atoms with van der Waals surface area (Å²) in [5.41, 5.74) is 3.32. The van der Waals surface area contributed by atoms with Crippen molar-refractivity contribution in [3.63, 3.8) is 0 Å². The Kier molecular flexibility index (Phi) is 5.18. The summed E-state index contributed by atoms with van der Waals surface area (Å²) in [6, 6.07) is 16.9. The fraction of sp³-hybridized carbons (Fsp3) is 0.0455. The maximum Gasteiger partial charge on any atom is 0.124 e. The molecule has 0 saturated carbocycles. The zero-order valence-electron chi connectivity index (χ0n) is 14.6. The molecule has 0 amide bonds. The van der Waals surface area contributed by atoms with E-state index in [-0.39, 0.29) is 5.02 Å². The first-order valence-corrected chi connectivity index (χ1v) is 9.31. The first kappa shape index (κ1) is 18.7. The lowest BCUT2D eigenvalue weighted by atomic mass is 9.99. The molecule has 28 heavy (non-hydrogen) atoms. The van der Waals surface area contributed by atoms with Crippen LogP contribution in [0.3, 0.4) is 0 Å². The van der Waals surface area contributed by atoms with Crippen LogP contribution in [-0.4, -0.2) is 14.7 Å². The number of benzene rings is 2. The number of hydrogen-bond donors (Lipinski definition) is 1. The van der Waals surface area contributed by atoms with Gasteiger partial charge in [-0.25, -0.2) is 4.39 Å². The molecule has 1 atom stereocenters. The molecule has 0 aliphatic carbocycles. The molecule has 0 bridgehead atoms. The second kappa shape index (κ2) is 7.76.